The first-order valence-electron chi connectivity index (χ1n) is 10.6. The third kappa shape index (κ3) is 4.54. The Kier molecular flexibility index (Phi) is 6.62. The highest BCUT2D eigenvalue weighted by Gasteiger charge is 2.31. The number of carbonyl (C=O) groups excluding carboxylic acids is 1. The summed E-state index contributed by atoms with van der Waals surface area (Å²) in [5, 5.41) is 6.77. The molecule has 2 N–H and O–H groups in total. The van der Waals surface area contributed by atoms with E-state index in [1.165, 1.54) is 12.8 Å². The first-order chi connectivity index (χ1) is 14.3. The third-order valence-corrected chi connectivity index (χ3v) is 6.06. The lowest BCUT2D eigenvalue weighted by molar-refractivity contribution is 0.199. The molecule has 3 heterocycles. The number of piperazine rings is 1. The van der Waals surface area contributed by atoms with Crippen LogP contribution in [0.2, 0.25) is 0 Å². The molecule has 7 heteroatoms. The molecule has 2 atom stereocenters. The highest BCUT2D eigenvalue weighted by Crippen LogP contribution is 2.43. The lowest BCUT2D eigenvalue weighted by atomic mass is 9.93. The average Bonchev–Trinajstić information content (AvgIpc) is 3.29. The fourth-order valence-corrected chi connectivity index (χ4v) is 4.48. The van der Waals surface area contributed by atoms with Gasteiger partial charge >= 0.3 is 0 Å². The summed E-state index contributed by atoms with van der Waals surface area (Å²) in [5.41, 5.74) is 2.39. The van der Waals surface area contributed by atoms with Crippen molar-refractivity contribution in [1.29, 1.82) is 0 Å². The molecule has 3 aliphatic rings. The molecule has 2 fully saturated rings. The lowest BCUT2D eigenvalue weighted by Gasteiger charge is -2.36. The lowest BCUT2D eigenvalue weighted by Crippen LogP contribution is -2.46. The molecule has 1 aromatic carbocycles. The summed E-state index contributed by atoms with van der Waals surface area (Å²) in [5.74, 6) is 4.26. The molecule has 29 heavy (non-hydrogen) atoms. The summed E-state index contributed by atoms with van der Waals surface area (Å²) < 4.78 is 11.7. The zero-order valence-electron chi connectivity index (χ0n) is 17.1. The van der Waals surface area contributed by atoms with Crippen LogP contribution in [0.15, 0.2) is 22.7 Å². The van der Waals surface area contributed by atoms with E-state index in [2.05, 4.69) is 26.5 Å². The largest absolute Gasteiger partial charge is 0.493 e. The van der Waals surface area contributed by atoms with Gasteiger partial charge in [-0.25, -0.2) is 4.79 Å². The Morgan fingerprint density at radius 3 is 2.79 bits per heavy atom. The van der Waals surface area contributed by atoms with E-state index in [1.54, 1.807) is 13.3 Å². The highest BCUT2D eigenvalue weighted by atomic mass is 16.5. The Morgan fingerprint density at radius 2 is 2.07 bits per heavy atom. The molecule has 7 nitrogen and oxygen atoms in total. The number of fused-ring (bicyclic) bond motifs is 1. The minimum atomic E-state index is -0.139. The van der Waals surface area contributed by atoms with Gasteiger partial charge in [-0.2, -0.15) is 0 Å². The first kappa shape index (κ1) is 20.1. The van der Waals surface area contributed by atoms with Crippen LogP contribution in [0.5, 0.6) is 11.5 Å². The van der Waals surface area contributed by atoms with Crippen LogP contribution in [0, 0.1) is 5.92 Å². The topological polar surface area (TPSA) is 75.2 Å². The maximum atomic E-state index is 11.6. The van der Waals surface area contributed by atoms with Crippen LogP contribution < -0.4 is 20.1 Å². The molecule has 0 saturated carbocycles. The maximum absolute atomic E-state index is 11.6. The number of benzene rings is 1. The number of nitrogens with one attached hydrogen (secondary N) is 2. The van der Waals surface area contributed by atoms with E-state index in [1.807, 2.05) is 12.1 Å². The number of methoxy groups -OCH3 is 1. The minimum absolute atomic E-state index is 0.139. The van der Waals surface area contributed by atoms with Gasteiger partial charge in [0.1, 0.15) is 5.94 Å². The molecule has 0 radical (unpaired) electrons. The summed E-state index contributed by atoms with van der Waals surface area (Å²) in [6.07, 6.45) is 5.11. The number of rotatable bonds is 7. The monoisotopic (exact) mass is 398 g/mol. The SMILES string of the molecule is COc1cc2c(cc1OCCCC1CCNC1)N=CC(=C=O)C2N1CCNCC1. The number of nitrogens with zero attached hydrogens (tertiary/aromatic N) is 2. The van der Waals surface area contributed by atoms with Crippen molar-refractivity contribution in [2.45, 2.75) is 25.3 Å². The molecule has 0 amide bonds. The summed E-state index contributed by atoms with van der Waals surface area (Å²) in [6.45, 7) is 6.48. The molecule has 3 aliphatic heterocycles. The zero-order valence-corrected chi connectivity index (χ0v) is 17.1. The molecule has 4 rings (SSSR count). The predicted molar refractivity (Wildman–Crippen MR) is 113 cm³/mol. The number of hydrogen-bond donors (Lipinski definition) is 2. The molecule has 2 unspecified atom stereocenters. The van der Waals surface area contributed by atoms with Crippen LogP contribution in [-0.4, -0.2) is 70.0 Å². The number of ether oxygens (including phenoxy) is 2. The molecule has 0 aromatic heterocycles. The van der Waals surface area contributed by atoms with Crippen molar-refractivity contribution in [2.75, 3.05) is 53.0 Å². The van der Waals surface area contributed by atoms with Gasteiger partial charge in [0.05, 0.1) is 31.0 Å². The minimum Gasteiger partial charge on any atom is -0.493 e. The number of hydrogen-bond acceptors (Lipinski definition) is 7. The average molecular weight is 399 g/mol. The van der Waals surface area contributed by atoms with Crippen molar-refractivity contribution in [3.05, 3.63) is 23.3 Å². The van der Waals surface area contributed by atoms with Crippen LogP contribution in [0.4, 0.5) is 5.69 Å². The second-order valence-corrected chi connectivity index (χ2v) is 7.92. The van der Waals surface area contributed by atoms with Gasteiger partial charge in [-0.15, -0.1) is 0 Å². The van der Waals surface area contributed by atoms with Gasteiger partial charge in [-0.1, -0.05) is 0 Å². The van der Waals surface area contributed by atoms with Crippen LogP contribution in [0.1, 0.15) is 30.9 Å². The molecular formula is C22H30N4O3. The van der Waals surface area contributed by atoms with Crippen molar-refractivity contribution in [3.8, 4) is 11.5 Å². The van der Waals surface area contributed by atoms with E-state index in [4.69, 9.17) is 9.47 Å². The molecule has 0 aliphatic carbocycles. The van der Waals surface area contributed by atoms with Crippen LogP contribution in [0.3, 0.4) is 0 Å². The quantitative estimate of drug-likeness (QED) is 0.540. The predicted octanol–water partition coefficient (Wildman–Crippen LogP) is 1.88. The standard InChI is InChI=1S/C22H30N4O3/c1-28-20-11-18-19(12-21(20)29-10-2-3-16-4-5-24-13-16)25-14-17(15-27)22(18)26-8-6-23-7-9-26/h11-12,14,16,22-24H,2-10,13H2,1H3. The van der Waals surface area contributed by atoms with Crippen molar-refractivity contribution < 1.29 is 14.3 Å². The highest BCUT2D eigenvalue weighted by molar-refractivity contribution is 5.95. The summed E-state index contributed by atoms with van der Waals surface area (Å²) in [4.78, 5) is 18.4. The van der Waals surface area contributed by atoms with Crippen molar-refractivity contribution >= 4 is 17.8 Å². The van der Waals surface area contributed by atoms with Crippen LogP contribution in [-0.2, 0) is 4.79 Å². The van der Waals surface area contributed by atoms with Gasteiger partial charge in [0, 0.05) is 44.0 Å². The van der Waals surface area contributed by atoms with Gasteiger partial charge in [0.15, 0.2) is 11.5 Å². The fraction of sp³-hybridized carbons (Fsp3) is 0.591. The van der Waals surface area contributed by atoms with Crippen molar-refractivity contribution in [2.24, 2.45) is 10.9 Å². The number of aliphatic imine (C=N–C) groups is 1. The van der Waals surface area contributed by atoms with Gasteiger partial charge in [-0.3, -0.25) is 9.89 Å². The van der Waals surface area contributed by atoms with Crippen molar-refractivity contribution in [3.63, 3.8) is 0 Å². The Hall–Kier alpha value is -2.18. The summed E-state index contributed by atoms with van der Waals surface area (Å²) in [7, 11) is 1.65. The molecule has 0 bridgehead atoms. The van der Waals surface area contributed by atoms with Crippen LogP contribution in [0.25, 0.3) is 0 Å². The van der Waals surface area contributed by atoms with E-state index in [0.717, 1.165) is 62.9 Å². The normalized spacial score (nSPS) is 24.2. The maximum Gasteiger partial charge on any atom is 0.163 e. The van der Waals surface area contributed by atoms with Gasteiger partial charge < -0.3 is 20.1 Å². The smallest absolute Gasteiger partial charge is 0.163 e. The van der Waals surface area contributed by atoms with Gasteiger partial charge in [-0.05, 0) is 44.3 Å². The molecule has 156 valence electrons. The molecule has 1 aromatic rings. The molecule has 0 spiro atoms. The Labute approximate surface area is 172 Å². The van der Waals surface area contributed by atoms with Crippen LogP contribution >= 0.6 is 0 Å². The van der Waals surface area contributed by atoms with Gasteiger partial charge in [0.2, 0.25) is 0 Å². The first-order valence-corrected chi connectivity index (χ1v) is 10.6. The van der Waals surface area contributed by atoms with E-state index < -0.39 is 0 Å². The van der Waals surface area contributed by atoms with E-state index in [0.29, 0.717) is 23.7 Å². The van der Waals surface area contributed by atoms with E-state index >= 15 is 0 Å². The van der Waals surface area contributed by atoms with Crippen molar-refractivity contribution in [1.82, 2.24) is 15.5 Å². The van der Waals surface area contributed by atoms with Gasteiger partial charge in [0.25, 0.3) is 0 Å². The molecule has 2 saturated heterocycles. The Bertz CT molecular complexity index is 791. The Morgan fingerprint density at radius 1 is 1.21 bits per heavy atom. The second kappa shape index (κ2) is 9.55. The molecular weight excluding hydrogens is 368 g/mol. The third-order valence-electron chi connectivity index (χ3n) is 6.06. The zero-order chi connectivity index (χ0) is 20.1. The Balaban J connectivity index is 1.51. The fourth-order valence-electron chi connectivity index (χ4n) is 4.48. The van der Waals surface area contributed by atoms with E-state index in [9.17, 15) is 4.79 Å². The second-order valence-electron chi connectivity index (χ2n) is 7.92. The summed E-state index contributed by atoms with van der Waals surface area (Å²) >= 11 is 0. The van der Waals surface area contributed by atoms with E-state index in [-0.39, 0.29) is 6.04 Å². The summed E-state index contributed by atoms with van der Waals surface area (Å²) in [6, 6.07) is 3.78.